The summed E-state index contributed by atoms with van der Waals surface area (Å²) in [5, 5.41) is 29.9. The Balaban J connectivity index is 1.21. The van der Waals surface area contributed by atoms with Crippen molar-refractivity contribution < 1.29 is 24.5 Å². The normalized spacial score (nSPS) is 36.1. The molecule has 0 radical (unpaired) electrons. The number of rotatable bonds is 8. The number of aliphatic hydroxyl groups is 2. The van der Waals surface area contributed by atoms with Gasteiger partial charge in [-0.2, -0.15) is 0 Å². The van der Waals surface area contributed by atoms with E-state index < -0.39 is 36.0 Å². The summed E-state index contributed by atoms with van der Waals surface area (Å²) < 4.78 is 12.0. The topological polar surface area (TPSA) is 138 Å². The first-order valence-electron chi connectivity index (χ1n) is 11.3. The summed E-state index contributed by atoms with van der Waals surface area (Å²) in [7, 11) is 0. The van der Waals surface area contributed by atoms with Gasteiger partial charge in [-0.15, -0.1) is 0 Å². The van der Waals surface area contributed by atoms with Crippen molar-refractivity contribution >= 4 is 5.91 Å². The lowest BCUT2D eigenvalue weighted by molar-refractivity contribution is -0.196. The molecule has 0 bridgehead atoms. The second kappa shape index (κ2) is 9.50. The molecular weight excluding hydrogens is 388 g/mol. The maximum atomic E-state index is 12.2. The molecule has 2 heterocycles. The number of hydrogen-bond donors (Lipinski definition) is 6. The second-order valence-corrected chi connectivity index (χ2v) is 9.33. The number of ether oxygens (including phenoxy) is 2. The van der Waals surface area contributed by atoms with Gasteiger partial charge in [0.05, 0.1) is 12.6 Å². The molecule has 0 spiro atoms. The van der Waals surface area contributed by atoms with Gasteiger partial charge in [0.2, 0.25) is 0 Å². The lowest BCUT2D eigenvalue weighted by Gasteiger charge is -2.42. The molecule has 7 N–H and O–H groups in total. The highest BCUT2D eigenvalue weighted by Gasteiger charge is 2.45. The Morgan fingerprint density at radius 1 is 1.33 bits per heavy atom. The van der Waals surface area contributed by atoms with Crippen LogP contribution in [-0.2, 0) is 14.3 Å². The maximum Gasteiger partial charge on any atom is 0.254 e. The molecule has 2 aliphatic carbocycles. The molecule has 0 aromatic heterocycles. The highest BCUT2D eigenvalue weighted by molar-refractivity contribution is 5.86. The minimum atomic E-state index is -1.35. The molecule has 2 aliphatic heterocycles. The van der Waals surface area contributed by atoms with E-state index in [-0.39, 0.29) is 19.1 Å². The van der Waals surface area contributed by atoms with E-state index in [0.717, 1.165) is 31.1 Å². The van der Waals surface area contributed by atoms with Crippen LogP contribution in [0.2, 0.25) is 0 Å². The summed E-state index contributed by atoms with van der Waals surface area (Å²) in [4.78, 5) is 12.2. The number of carbonyl (C=O) groups excluding carboxylic acids is 1. The van der Waals surface area contributed by atoms with Crippen molar-refractivity contribution in [2.24, 2.45) is 11.7 Å². The van der Waals surface area contributed by atoms with Crippen LogP contribution in [0.1, 0.15) is 44.9 Å². The fourth-order valence-electron chi connectivity index (χ4n) is 4.56. The zero-order chi connectivity index (χ0) is 21.1. The number of carbonyl (C=O) groups is 1. The molecule has 1 amide bonds. The van der Waals surface area contributed by atoms with Crippen molar-refractivity contribution in [3.63, 3.8) is 0 Å². The predicted octanol–water partition coefficient (Wildman–Crippen LogP) is -0.917. The highest BCUT2D eigenvalue weighted by atomic mass is 16.7. The predicted molar refractivity (Wildman–Crippen MR) is 110 cm³/mol. The molecule has 0 aromatic carbocycles. The molecule has 0 unspecified atom stereocenters. The van der Waals surface area contributed by atoms with Crippen molar-refractivity contribution in [1.29, 1.82) is 0 Å². The zero-order valence-electron chi connectivity index (χ0n) is 17.5. The van der Waals surface area contributed by atoms with Gasteiger partial charge in [-0.3, -0.25) is 4.79 Å². The molecule has 170 valence electrons. The van der Waals surface area contributed by atoms with Crippen LogP contribution in [0.5, 0.6) is 0 Å². The number of hydrogen-bond acceptors (Lipinski definition) is 8. The fraction of sp³-hybridized carbons (Fsp3) is 0.857. The summed E-state index contributed by atoms with van der Waals surface area (Å²) in [6, 6.07) is -0.715. The first-order valence-corrected chi connectivity index (χ1v) is 11.3. The van der Waals surface area contributed by atoms with E-state index >= 15 is 0 Å². The quantitative estimate of drug-likeness (QED) is 0.294. The van der Waals surface area contributed by atoms with E-state index in [0.29, 0.717) is 19.4 Å². The van der Waals surface area contributed by atoms with E-state index in [9.17, 15) is 15.0 Å². The van der Waals surface area contributed by atoms with Gasteiger partial charge >= 0.3 is 0 Å². The monoisotopic (exact) mass is 424 g/mol. The molecule has 5 atom stereocenters. The van der Waals surface area contributed by atoms with Crippen LogP contribution >= 0.6 is 0 Å². The number of allylic oxidation sites excluding steroid dienone is 1. The molecule has 4 rings (SSSR count). The van der Waals surface area contributed by atoms with Gasteiger partial charge in [-0.25, -0.2) is 0 Å². The summed E-state index contributed by atoms with van der Waals surface area (Å²) in [5.74, 6) is 1.27. The van der Waals surface area contributed by atoms with Gasteiger partial charge in [0.25, 0.3) is 5.91 Å². The third-order valence-corrected chi connectivity index (χ3v) is 6.80. The first kappa shape index (κ1) is 22.0. The van der Waals surface area contributed by atoms with Gasteiger partial charge in [-0.05, 0) is 50.6 Å². The number of nitrogens with one attached hydrogen (secondary N) is 3. The Hall–Kier alpha value is -1.23. The lowest BCUT2D eigenvalue weighted by Crippen LogP contribution is -2.69. The molecule has 9 heteroatoms. The smallest absolute Gasteiger partial charge is 0.254 e. The standard InChI is InChI=1S/C21H36N4O5/c22-16-7-14(25-20(27)21(28)11-24-12-21)8-17(26)19(16)30-18-6-2-5-15(29-18)10-23-9-13-3-1-4-13/h5,13-14,16-19,23-24,26,28H,1-4,6-12,22H2,(H,25,27)/t14-,16+,17-,18-,19-/m1/s1. The summed E-state index contributed by atoms with van der Waals surface area (Å²) >= 11 is 0. The van der Waals surface area contributed by atoms with E-state index in [1.165, 1.54) is 19.3 Å². The van der Waals surface area contributed by atoms with Crippen LogP contribution in [0.15, 0.2) is 11.8 Å². The summed E-state index contributed by atoms with van der Waals surface area (Å²) in [5.41, 5.74) is 4.93. The summed E-state index contributed by atoms with van der Waals surface area (Å²) in [6.07, 6.45) is 6.71. The third kappa shape index (κ3) is 5.15. The van der Waals surface area contributed by atoms with Crippen molar-refractivity contribution in [3.05, 3.63) is 11.8 Å². The maximum absolute atomic E-state index is 12.2. The van der Waals surface area contributed by atoms with Crippen LogP contribution < -0.4 is 21.7 Å². The minimum absolute atomic E-state index is 0.246. The van der Waals surface area contributed by atoms with Crippen molar-refractivity contribution in [3.8, 4) is 0 Å². The SMILES string of the molecule is N[C@H]1C[C@@H](NC(=O)C2(O)CNC2)C[C@@H](O)[C@@H]1O[C@@H]1CCC=C(CNCC2CCC2)O1. The van der Waals surface area contributed by atoms with Crippen molar-refractivity contribution in [2.75, 3.05) is 26.2 Å². The lowest BCUT2D eigenvalue weighted by atomic mass is 9.85. The zero-order valence-corrected chi connectivity index (χ0v) is 17.5. The molecule has 2 saturated carbocycles. The Bertz CT molecular complexity index is 625. The molecular formula is C21H36N4O5. The van der Waals surface area contributed by atoms with Crippen LogP contribution in [0.4, 0.5) is 0 Å². The van der Waals surface area contributed by atoms with E-state index in [4.69, 9.17) is 15.2 Å². The number of β-amino-alcohol motifs (C(OH)–C–C–N with tert-alkyl or cyclic N) is 1. The Morgan fingerprint density at radius 3 is 2.77 bits per heavy atom. The van der Waals surface area contributed by atoms with Crippen molar-refractivity contribution in [1.82, 2.24) is 16.0 Å². The van der Waals surface area contributed by atoms with E-state index in [1.807, 2.05) is 0 Å². The van der Waals surface area contributed by atoms with Crippen molar-refractivity contribution in [2.45, 2.75) is 81.1 Å². The molecule has 9 nitrogen and oxygen atoms in total. The Morgan fingerprint density at radius 2 is 2.13 bits per heavy atom. The number of aliphatic hydroxyl groups excluding tert-OH is 1. The van der Waals surface area contributed by atoms with Gasteiger partial charge in [0.1, 0.15) is 11.9 Å². The minimum Gasteiger partial charge on any atom is -0.468 e. The number of amides is 1. The van der Waals surface area contributed by atoms with Crippen LogP contribution in [-0.4, -0.2) is 78.5 Å². The van der Waals surface area contributed by atoms with E-state index in [2.05, 4.69) is 22.0 Å². The van der Waals surface area contributed by atoms with Gasteiger partial charge in [-0.1, -0.05) is 6.42 Å². The number of nitrogens with two attached hydrogens (primary N) is 1. The second-order valence-electron chi connectivity index (χ2n) is 9.33. The summed E-state index contributed by atoms with van der Waals surface area (Å²) in [6.45, 7) is 2.21. The molecule has 0 aromatic rings. The Labute approximate surface area is 177 Å². The molecule has 1 saturated heterocycles. The third-order valence-electron chi connectivity index (χ3n) is 6.80. The van der Waals surface area contributed by atoms with Gasteiger partial charge in [0, 0.05) is 31.6 Å². The van der Waals surface area contributed by atoms with Crippen LogP contribution in [0.3, 0.4) is 0 Å². The molecule has 3 fully saturated rings. The average molecular weight is 425 g/mol. The first-order chi connectivity index (χ1) is 14.4. The fourth-order valence-corrected chi connectivity index (χ4v) is 4.56. The van der Waals surface area contributed by atoms with Gasteiger partial charge in [0.15, 0.2) is 11.9 Å². The molecule has 4 aliphatic rings. The Kier molecular flexibility index (Phi) is 6.96. The van der Waals surface area contributed by atoms with E-state index in [1.54, 1.807) is 0 Å². The average Bonchev–Trinajstić information content (AvgIpc) is 2.65. The highest BCUT2D eigenvalue weighted by Crippen LogP contribution is 2.28. The van der Waals surface area contributed by atoms with Crippen LogP contribution in [0.25, 0.3) is 0 Å². The van der Waals surface area contributed by atoms with Gasteiger partial charge < -0.3 is 41.4 Å². The largest absolute Gasteiger partial charge is 0.468 e. The van der Waals surface area contributed by atoms with Crippen LogP contribution in [0, 0.1) is 5.92 Å². The molecule has 30 heavy (non-hydrogen) atoms.